The Bertz CT molecular complexity index is 757. The zero-order valence-corrected chi connectivity index (χ0v) is 11.3. The number of benzene rings is 1. The molecule has 2 rings (SSSR count). The van der Waals surface area contributed by atoms with Crippen molar-refractivity contribution in [2.75, 3.05) is 6.61 Å². The highest BCUT2D eigenvalue weighted by molar-refractivity contribution is 5.99. The summed E-state index contributed by atoms with van der Waals surface area (Å²) in [7, 11) is 0. The summed E-state index contributed by atoms with van der Waals surface area (Å²) in [6.07, 6.45) is 2.87. The van der Waals surface area contributed by atoms with Crippen molar-refractivity contribution >= 4 is 34.7 Å². The summed E-state index contributed by atoms with van der Waals surface area (Å²) < 4.78 is 6.06. The molecular formula is C14H13N3O4. The van der Waals surface area contributed by atoms with E-state index in [1.807, 2.05) is 0 Å². The Morgan fingerprint density at radius 2 is 2.19 bits per heavy atom. The standard InChI is InChI=1S/C14H13N3O4/c1-2-21-13(19)6-9-3-4-12-10(5-9)11(16-8-18)7-17(12)14(15)20/h3-5,7H,2,6H2,1H3,(H2,15,20). The van der Waals surface area contributed by atoms with E-state index >= 15 is 0 Å². The first kappa shape index (κ1) is 14.5. The first-order valence-electron chi connectivity index (χ1n) is 6.24. The second-order valence-electron chi connectivity index (χ2n) is 4.26. The zero-order chi connectivity index (χ0) is 15.4. The fourth-order valence-electron chi connectivity index (χ4n) is 2.07. The van der Waals surface area contributed by atoms with Crippen LogP contribution in [-0.2, 0) is 20.7 Å². The number of aromatic nitrogens is 1. The van der Waals surface area contributed by atoms with Gasteiger partial charge in [-0.25, -0.2) is 9.59 Å². The molecule has 0 spiro atoms. The van der Waals surface area contributed by atoms with Gasteiger partial charge in [0.15, 0.2) is 0 Å². The monoisotopic (exact) mass is 287 g/mol. The fraction of sp³-hybridized carbons (Fsp3) is 0.214. The topological polar surface area (TPSA) is 104 Å². The van der Waals surface area contributed by atoms with E-state index in [0.29, 0.717) is 23.1 Å². The van der Waals surface area contributed by atoms with Gasteiger partial charge in [-0.15, -0.1) is 0 Å². The van der Waals surface area contributed by atoms with Crippen molar-refractivity contribution < 1.29 is 19.1 Å². The van der Waals surface area contributed by atoms with Gasteiger partial charge in [0.1, 0.15) is 5.69 Å². The number of rotatable bonds is 4. The van der Waals surface area contributed by atoms with Crippen LogP contribution in [0.25, 0.3) is 10.9 Å². The lowest BCUT2D eigenvalue weighted by Gasteiger charge is -2.03. The highest BCUT2D eigenvalue weighted by Crippen LogP contribution is 2.29. The SMILES string of the molecule is CCOC(=O)Cc1ccc2c(c1)c(N=C=O)cn2C(N)=O. The van der Waals surface area contributed by atoms with Crippen LogP contribution < -0.4 is 5.73 Å². The molecule has 0 saturated carbocycles. The van der Waals surface area contributed by atoms with Crippen LogP contribution in [0.3, 0.4) is 0 Å². The van der Waals surface area contributed by atoms with Crippen LogP contribution in [0.4, 0.5) is 10.5 Å². The quantitative estimate of drug-likeness (QED) is 0.524. The van der Waals surface area contributed by atoms with Crippen molar-refractivity contribution in [2.45, 2.75) is 13.3 Å². The number of nitrogens with zero attached hydrogens (tertiary/aromatic N) is 2. The number of nitrogens with two attached hydrogens (primary N) is 1. The number of hydrogen-bond acceptors (Lipinski definition) is 5. The van der Waals surface area contributed by atoms with E-state index in [1.165, 1.54) is 16.8 Å². The maximum absolute atomic E-state index is 11.5. The first-order chi connectivity index (χ1) is 10.1. The summed E-state index contributed by atoms with van der Waals surface area (Å²) in [5.41, 5.74) is 6.71. The van der Waals surface area contributed by atoms with Crippen LogP contribution in [-0.4, -0.2) is 29.3 Å². The number of aliphatic imine (C=N–C) groups is 1. The van der Waals surface area contributed by atoms with Gasteiger partial charge in [-0.2, -0.15) is 4.99 Å². The van der Waals surface area contributed by atoms with Gasteiger partial charge in [0.05, 0.1) is 18.5 Å². The second kappa shape index (κ2) is 6.02. The van der Waals surface area contributed by atoms with E-state index in [1.54, 1.807) is 25.1 Å². The highest BCUT2D eigenvalue weighted by atomic mass is 16.5. The molecule has 0 saturated heterocycles. The zero-order valence-electron chi connectivity index (χ0n) is 11.3. The predicted octanol–water partition coefficient (Wildman–Crippen LogP) is 1.64. The molecule has 7 nitrogen and oxygen atoms in total. The summed E-state index contributed by atoms with van der Waals surface area (Å²) in [5.74, 6) is -0.355. The Morgan fingerprint density at radius 1 is 1.43 bits per heavy atom. The summed E-state index contributed by atoms with van der Waals surface area (Å²) in [5, 5.41) is 0.541. The van der Waals surface area contributed by atoms with Crippen molar-refractivity contribution in [3.63, 3.8) is 0 Å². The minimum atomic E-state index is -0.689. The molecular weight excluding hydrogens is 274 g/mol. The third kappa shape index (κ3) is 2.98. The Kier molecular flexibility index (Phi) is 4.15. The van der Waals surface area contributed by atoms with Crippen LogP contribution >= 0.6 is 0 Å². The van der Waals surface area contributed by atoms with Crippen molar-refractivity contribution in [3.05, 3.63) is 30.0 Å². The van der Waals surface area contributed by atoms with Gasteiger partial charge >= 0.3 is 12.0 Å². The van der Waals surface area contributed by atoms with Crippen molar-refractivity contribution in [2.24, 2.45) is 10.7 Å². The van der Waals surface area contributed by atoms with Gasteiger partial charge in [-0.3, -0.25) is 9.36 Å². The third-order valence-corrected chi connectivity index (χ3v) is 2.91. The molecule has 1 aromatic heterocycles. The van der Waals surface area contributed by atoms with E-state index in [4.69, 9.17) is 10.5 Å². The Morgan fingerprint density at radius 3 is 2.81 bits per heavy atom. The number of amides is 1. The van der Waals surface area contributed by atoms with Crippen LogP contribution in [0.2, 0.25) is 0 Å². The lowest BCUT2D eigenvalue weighted by molar-refractivity contribution is -0.142. The Balaban J connectivity index is 2.50. The molecule has 7 heteroatoms. The number of carbonyl (C=O) groups excluding carboxylic acids is 3. The molecule has 1 amide bonds. The van der Waals surface area contributed by atoms with Crippen molar-refractivity contribution in [1.82, 2.24) is 4.57 Å². The van der Waals surface area contributed by atoms with Crippen molar-refractivity contribution in [3.8, 4) is 0 Å². The lowest BCUT2D eigenvalue weighted by atomic mass is 10.1. The largest absolute Gasteiger partial charge is 0.466 e. The third-order valence-electron chi connectivity index (χ3n) is 2.91. The Hall–Kier alpha value is -2.92. The summed E-state index contributed by atoms with van der Waals surface area (Å²) in [6, 6.07) is 4.30. The molecule has 0 aliphatic heterocycles. The molecule has 0 fully saturated rings. The second-order valence-corrected chi connectivity index (χ2v) is 4.26. The minimum Gasteiger partial charge on any atom is -0.466 e. The summed E-state index contributed by atoms with van der Waals surface area (Å²) in [6.45, 7) is 2.03. The predicted molar refractivity (Wildman–Crippen MR) is 75.0 cm³/mol. The maximum Gasteiger partial charge on any atom is 0.323 e. The first-order valence-corrected chi connectivity index (χ1v) is 6.24. The summed E-state index contributed by atoms with van der Waals surface area (Å²) in [4.78, 5) is 36.8. The number of esters is 1. The van der Waals surface area contributed by atoms with E-state index in [-0.39, 0.29) is 18.1 Å². The average Bonchev–Trinajstić information content (AvgIpc) is 2.78. The maximum atomic E-state index is 11.5. The molecule has 0 unspecified atom stereocenters. The number of ether oxygens (including phenoxy) is 1. The highest BCUT2D eigenvalue weighted by Gasteiger charge is 2.13. The molecule has 0 bridgehead atoms. The normalized spacial score (nSPS) is 10.1. The average molecular weight is 287 g/mol. The van der Waals surface area contributed by atoms with Crippen LogP contribution in [0.15, 0.2) is 29.4 Å². The molecule has 0 atom stereocenters. The minimum absolute atomic E-state index is 0.0930. The van der Waals surface area contributed by atoms with E-state index in [2.05, 4.69) is 4.99 Å². The molecule has 108 valence electrons. The van der Waals surface area contributed by atoms with Gasteiger partial charge < -0.3 is 10.5 Å². The van der Waals surface area contributed by atoms with Crippen LogP contribution in [0.1, 0.15) is 12.5 Å². The van der Waals surface area contributed by atoms with Gasteiger partial charge in [0.2, 0.25) is 6.08 Å². The molecule has 1 heterocycles. The van der Waals surface area contributed by atoms with Crippen LogP contribution in [0, 0.1) is 0 Å². The number of carbonyl (C=O) groups is 2. The van der Waals surface area contributed by atoms with Gasteiger partial charge in [-0.05, 0) is 24.6 Å². The molecule has 2 N–H and O–H groups in total. The number of fused-ring (bicyclic) bond motifs is 1. The van der Waals surface area contributed by atoms with Crippen LogP contribution in [0.5, 0.6) is 0 Å². The number of isocyanates is 1. The smallest absolute Gasteiger partial charge is 0.323 e. The number of primary amides is 1. The molecule has 1 aromatic carbocycles. The Labute approximate surface area is 120 Å². The van der Waals surface area contributed by atoms with Gasteiger partial charge in [-0.1, -0.05) is 6.07 Å². The number of hydrogen-bond donors (Lipinski definition) is 1. The molecule has 0 radical (unpaired) electrons. The molecule has 0 aliphatic carbocycles. The molecule has 2 aromatic rings. The van der Waals surface area contributed by atoms with E-state index < -0.39 is 6.03 Å². The lowest BCUT2D eigenvalue weighted by Crippen LogP contribution is -2.18. The van der Waals surface area contributed by atoms with E-state index in [0.717, 1.165) is 0 Å². The summed E-state index contributed by atoms with van der Waals surface area (Å²) >= 11 is 0. The van der Waals surface area contributed by atoms with Gasteiger partial charge in [0.25, 0.3) is 0 Å². The van der Waals surface area contributed by atoms with E-state index in [9.17, 15) is 14.4 Å². The van der Waals surface area contributed by atoms with Gasteiger partial charge in [0, 0.05) is 11.6 Å². The molecule has 0 aliphatic rings. The molecule has 21 heavy (non-hydrogen) atoms. The fourth-order valence-corrected chi connectivity index (χ4v) is 2.07. The van der Waals surface area contributed by atoms with Crippen molar-refractivity contribution in [1.29, 1.82) is 0 Å².